The minimum Gasteiger partial charge on any atom is -0.324 e. The highest BCUT2D eigenvalue weighted by molar-refractivity contribution is 5.93. The zero-order chi connectivity index (χ0) is 9.14. The van der Waals surface area contributed by atoms with Crippen LogP contribution in [0.3, 0.4) is 0 Å². The largest absolute Gasteiger partial charge is 0.324 e. The van der Waals surface area contributed by atoms with E-state index in [1.54, 1.807) is 0 Å². The van der Waals surface area contributed by atoms with E-state index >= 15 is 0 Å². The zero-order valence-electron chi connectivity index (χ0n) is 7.06. The Morgan fingerprint density at radius 2 is 2.33 bits per heavy atom. The summed E-state index contributed by atoms with van der Waals surface area (Å²) in [5.74, 6) is -0.0128. The summed E-state index contributed by atoms with van der Waals surface area (Å²) in [7, 11) is 0. The Morgan fingerprint density at radius 1 is 1.67 bits per heavy atom. The maximum Gasteiger partial charge on any atom is 0.219 e. The number of rotatable bonds is 3. The lowest BCUT2D eigenvalue weighted by Gasteiger charge is -2.04. The van der Waals surface area contributed by atoms with Crippen LogP contribution in [0.4, 0.5) is 0 Å². The van der Waals surface area contributed by atoms with Crippen molar-refractivity contribution in [1.82, 2.24) is 20.2 Å². The smallest absolute Gasteiger partial charge is 0.219 e. The number of aromatic nitrogens is 4. The fourth-order valence-corrected chi connectivity index (χ4v) is 0.816. The first-order valence-corrected chi connectivity index (χ1v) is 3.68. The number of carbonyl (C=O) groups excluding carboxylic acids is 1. The van der Waals surface area contributed by atoms with Gasteiger partial charge in [0.25, 0.3) is 0 Å². The maximum absolute atomic E-state index is 11.1. The first-order chi connectivity index (χ1) is 5.66. The molecule has 0 saturated carbocycles. The molecular weight excluding hydrogens is 158 g/mol. The van der Waals surface area contributed by atoms with Gasteiger partial charge in [0.2, 0.25) is 11.6 Å². The van der Waals surface area contributed by atoms with Gasteiger partial charge in [-0.15, -0.1) is 5.10 Å². The van der Waals surface area contributed by atoms with E-state index in [2.05, 4.69) is 15.5 Å². The van der Waals surface area contributed by atoms with Gasteiger partial charge in [-0.05, 0) is 24.3 Å². The first kappa shape index (κ1) is 8.79. The topological polar surface area (TPSA) is 86.7 Å². The fraction of sp³-hybridized carbons (Fsp3) is 0.667. The standard InChI is InChI=1S/C6H11N5O/c1-4(2)11-6(5(12)3-7)8-9-10-11/h4H,3,7H2,1-2H3. The molecule has 1 aromatic rings. The van der Waals surface area contributed by atoms with Crippen molar-refractivity contribution in [1.29, 1.82) is 0 Å². The monoisotopic (exact) mass is 169 g/mol. The van der Waals surface area contributed by atoms with Gasteiger partial charge in [-0.2, -0.15) is 0 Å². The van der Waals surface area contributed by atoms with E-state index in [1.807, 2.05) is 13.8 Å². The van der Waals surface area contributed by atoms with Gasteiger partial charge in [-0.25, -0.2) is 4.68 Å². The minimum absolute atomic E-state index is 0.0624. The molecule has 1 aromatic heterocycles. The van der Waals surface area contributed by atoms with Crippen LogP contribution in [0, 0.1) is 0 Å². The van der Waals surface area contributed by atoms with Crippen LogP contribution in [0.2, 0.25) is 0 Å². The molecule has 1 heterocycles. The van der Waals surface area contributed by atoms with Crippen LogP contribution in [-0.2, 0) is 0 Å². The summed E-state index contributed by atoms with van der Waals surface area (Å²) in [6.07, 6.45) is 0. The molecule has 2 N–H and O–H groups in total. The third-order valence-corrected chi connectivity index (χ3v) is 1.42. The molecule has 0 fully saturated rings. The molecule has 0 unspecified atom stereocenters. The van der Waals surface area contributed by atoms with Gasteiger partial charge in [0.15, 0.2) is 0 Å². The number of hydrogen-bond acceptors (Lipinski definition) is 5. The van der Waals surface area contributed by atoms with Crippen molar-refractivity contribution in [2.24, 2.45) is 5.73 Å². The van der Waals surface area contributed by atoms with Crippen molar-refractivity contribution >= 4 is 5.78 Å². The molecular formula is C6H11N5O. The molecule has 0 aliphatic carbocycles. The Bertz CT molecular complexity index is 279. The van der Waals surface area contributed by atoms with Gasteiger partial charge in [-0.3, -0.25) is 4.79 Å². The summed E-state index contributed by atoms with van der Waals surface area (Å²) in [6, 6.07) is 0.0745. The van der Waals surface area contributed by atoms with E-state index in [0.29, 0.717) is 0 Å². The molecule has 0 amide bonds. The van der Waals surface area contributed by atoms with E-state index in [4.69, 9.17) is 5.73 Å². The van der Waals surface area contributed by atoms with Crippen molar-refractivity contribution in [2.75, 3.05) is 6.54 Å². The lowest BCUT2D eigenvalue weighted by atomic mass is 10.3. The predicted molar refractivity (Wildman–Crippen MR) is 41.6 cm³/mol. The number of hydrogen-bond donors (Lipinski definition) is 1. The fourth-order valence-electron chi connectivity index (χ4n) is 0.816. The number of nitrogens with zero attached hydrogens (tertiary/aromatic N) is 4. The van der Waals surface area contributed by atoms with Crippen LogP contribution >= 0.6 is 0 Å². The first-order valence-electron chi connectivity index (χ1n) is 3.68. The Kier molecular flexibility index (Phi) is 2.49. The summed E-state index contributed by atoms with van der Waals surface area (Å²) in [5.41, 5.74) is 5.17. The molecule has 0 saturated heterocycles. The summed E-state index contributed by atoms with van der Waals surface area (Å²) < 4.78 is 1.45. The highest BCUT2D eigenvalue weighted by Crippen LogP contribution is 2.03. The predicted octanol–water partition coefficient (Wildman–Crippen LogP) is -0.605. The molecule has 6 heteroatoms. The lowest BCUT2D eigenvalue weighted by molar-refractivity contribution is 0.0984. The number of Topliss-reactive ketones (excluding diaryl/α,β-unsaturated/α-hetero) is 1. The van der Waals surface area contributed by atoms with E-state index < -0.39 is 0 Å². The molecule has 0 aliphatic heterocycles. The number of ketones is 1. The molecule has 0 bridgehead atoms. The average Bonchev–Trinajstić information content (AvgIpc) is 2.50. The summed E-state index contributed by atoms with van der Waals surface area (Å²) in [4.78, 5) is 11.1. The van der Waals surface area contributed by atoms with Gasteiger partial charge < -0.3 is 5.73 Å². The lowest BCUT2D eigenvalue weighted by Crippen LogP contribution is -2.20. The quantitative estimate of drug-likeness (QED) is 0.610. The summed E-state index contributed by atoms with van der Waals surface area (Å²) in [6.45, 7) is 3.72. The highest BCUT2D eigenvalue weighted by Gasteiger charge is 2.14. The summed E-state index contributed by atoms with van der Waals surface area (Å²) in [5, 5.41) is 10.6. The van der Waals surface area contributed by atoms with Crippen LogP contribution in [-0.4, -0.2) is 32.5 Å². The number of nitrogens with two attached hydrogens (primary N) is 1. The van der Waals surface area contributed by atoms with Crippen LogP contribution in [0.15, 0.2) is 0 Å². The van der Waals surface area contributed by atoms with E-state index in [-0.39, 0.29) is 24.2 Å². The third-order valence-electron chi connectivity index (χ3n) is 1.42. The SMILES string of the molecule is CC(C)n1nnnc1C(=O)CN. The molecule has 0 spiro atoms. The molecule has 0 aliphatic rings. The van der Waals surface area contributed by atoms with Crippen molar-refractivity contribution < 1.29 is 4.79 Å². The van der Waals surface area contributed by atoms with Gasteiger partial charge in [-0.1, -0.05) is 0 Å². The molecule has 6 nitrogen and oxygen atoms in total. The average molecular weight is 169 g/mol. The van der Waals surface area contributed by atoms with Crippen LogP contribution in [0.5, 0.6) is 0 Å². The second-order valence-electron chi connectivity index (χ2n) is 2.67. The molecule has 0 atom stereocenters. The third kappa shape index (κ3) is 1.48. The van der Waals surface area contributed by atoms with E-state index in [0.717, 1.165) is 0 Å². The van der Waals surface area contributed by atoms with Crippen molar-refractivity contribution in [3.05, 3.63) is 5.82 Å². The minimum atomic E-state index is -0.242. The van der Waals surface area contributed by atoms with Crippen LogP contribution < -0.4 is 5.73 Å². The second-order valence-corrected chi connectivity index (χ2v) is 2.67. The van der Waals surface area contributed by atoms with Crippen LogP contribution in [0.25, 0.3) is 0 Å². The van der Waals surface area contributed by atoms with Gasteiger partial charge in [0.1, 0.15) is 0 Å². The van der Waals surface area contributed by atoms with Gasteiger partial charge in [0.05, 0.1) is 12.6 Å². The van der Waals surface area contributed by atoms with Crippen LogP contribution in [0.1, 0.15) is 30.5 Å². The molecule has 66 valence electrons. The number of tetrazole rings is 1. The molecule has 12 heavy (non-hydrogen) atoms. The zero-order valence-corrected chi connectivity index (χ0v) is 7.06. The van der Waals surface area contributed by atoms with E-state index in [9.17, 15) is 4.79 Å². The Labute approximate surface area is 69.7 Å². The molecule has 0 radical (unpaired) electrons. The Balaban J connectivity index is 2.99. The van der Waals surface area contributed by atoms with Crippen molar-refractivity contribution in [3.8, 4) is 0 Å². The van der Waals surface area contributed by atoms with Crippen molar-refractivity contribution in [2.45, 2.75) is 19.9 Å². The Morgan fingerprint density at radius 3 is 2.83 bits per heavy atom. The molecule has 0 aromatic carbocycles. The summed E-state index contributed by atoms with van der Waals surface area (Å²) >= 11 is 0. The normalized spacial score (nSPS) is 10.7. The van der Waals surface area contributed by atoms with Gasteiger partial charge >= 0.3 is 0 Å². The van der Waals surface area contributed by atoms with E-state index in [1.165, 1.54) is 4.68 Å². The number of carbonyl (C=O) groups is 1. The maximum atomic E-state index is 11.1. The van der Waals surface area contributed by atoms with Gasteiger partial charge in [0, 0.05) is 0 Å². The highest BCUT2D eigenvalue weighted by atomic mass is 16.1. The van der Waals surface area contributed by atoms with Crippen molar-refractivity contribution in [3.63, 3.8) is 0 Å². The second kappa shape index (κ2) is 3.40. The molecule has 1 rings (SSSR count). The Hall–Kier alpha value is -1.30.